The van der Waals surface area contributed by atoms with Crippen LogP contribution in [-0.4, -0.2) is 23.5 Å². The van der Waals surface area contributed by atoms with E-state index in [9.17, 15) is 0 Å². The number of rotatable bonds is 4. The molecule has 1 saturated heterocycles. The van der Waals surface area contributed by atoms with Gasteiger partial charge in [0.2, 0.25) is 0 Å². The normalized spacial score (nSPS) is 24.1. The molecule has 1 aromatic rings. The molecule has 20 heavy (non-hydrogen) atoms. The Labute approximate surface area is 123 Å². The van der Waals surface area contributed by atoms with Crippen molar-refractivity contribution in [1.29, 1.82) is 0 Å². The fourth-order valence-electron chi connectivity index (χ4n) is 4.29. The van der Waals surface area contributed by atoms with Crippen LogP contribution in [0.5, 0.6) is 0 Å². The van der Waals surface area contributed by atoms with Gasteiger partial charge in [-0.25, -0.2) is 0 Å². The van der Waals surface area contributed by atoms with Gasteiger partial charge in [-0.2, -0.15) is 0 Å². The van der Waals surface area contributed by atoms with Gasteiger partial charge in [0.15, 0.2) is 0 Å². The molecule has 2 fully saturated rings. The molecule has 1 aliphatic heterocycles. The highest BCUT2D eigenvalue weighted by Gasteiger charge is 2.45. The first-order valence-corrected chi connectivity index (χ1v) is 8.36. The van der Waals surface area contributed by atoms with Crippen LogP contribution in [0.1, 0.15) is 62.6 Å². The summed E-state index contributed by atoms with van der Waals surface area (Å²) >= 11 is 0. The number of nitrogens with two attached hydrogens (primary N) is 1. The van der Waals surface area contributed by atoms with Crippen LogP contribution in [0.4, 0.5) is 0 Å². The Bertz CT molecular complexity index is 442. The summed E-state index contributed by atoms with van der Waals surface area (Å²) < 4.78 is 0. The van der Waals surface area contributed by atoms with Gasteiger partial charge in [0.1, 0.15) is 0 Å². The highest BCUT2D eigenvalue weighted by Crippen LogP contribution is 2.44. The second-order valence-corrected chi connectivity index (χ2v) is 6.58. The maximum Gasteiger partial charge on any atom is 0.0482 e. The molecular weight excluding hydrogens is 244 g/mol. The fourth-order valence-corrected chi connectivity index (χ4v) is 4.29. The van der Waals surface area contributed by atoms with Gasteiger partial charge >= 0.3 is 0 Å². The SMILES string of the molecule is CCc1cccc(C(N)C2(N3CCCC3)CCCC2)c1. The molecule has 3 rings (SSSR count). The van der Waals surface area contributed by atoms with Gasteiger partial charge in [0.25, 0.3) is 0 Å². The maximum atomic E-state index is 6.80. The van der Waals surface area contributed by atoms with Crippen LogP contribution >= 0.6 is 0 Å². The summed E-state index contributed by atoms with van der Waals surface area (Å²) in [4.78, 5) is 2.71. The van der Waals surface area contributed by atoms with Gasteiger partial charge < -0.3 is 5.73 Å². The summed E-state index contributed by atoms with van der Waals surface area (Å²) in [5.41, 5.74) is 9.79. The third kappa shape index (κ3) is 2.40. The molecule has 1 heterocycles. The number of hydrogen-bond donors (Lipinski definition) is 1. The summed E-state index contributed by atoms with van der Waals surface area (Å²) in [7, 11) is 0. The van der Waals surface area contributed by atoms with E-state index >= 15 is 0 Å². The molecule has 1 saturated carbocycles. The molecule has 2 nitrogen and oxygen atoms in total. The summed E-state index contributed by atoms with van der Waals surface area (Å²) in [6.45, 7) is 4.72. The van der Waals surface area contributed by atoms with Crippen molar-refractivity contribution >= 4 is 0 Å². The number of nitrogens with zero attached hydrogens (tertiary/aromatic N) is 1. The second kappa shape index (κ2) is 5.87. The zero-order chi connectivity index (χ0) is 14.0. The van der Waals surface area contributed by atoms with Crippen LogP contribution in [0, 0.1) is 0 Å². The molecule has 1 aromatic carbocycles. The van der Waals surface area contributed by atoms with E-state index in [0.717, 1.165) is 6.42 Å². The fraction of sp³-hybridized carbons (Fsp3) is 0.667. The van der Waals surface area contributed by atoms with Crippen molar-refractivity contribution in [2.75, 3.05) is 13.1 Å². The quantitative estimate of drug-likeness (QED) is 0.906. The molecular formula is C18H28N2. The monoisotopic (exact) mass is 272 g/mol. The van der Waals surface area contributed by atoms with Crippen LogP contribution in [0.15, 0.2) is 24.3 Å². The zero-order valence-electron chi connectivity index (χ0n) is 12.8. The molecule has 1 atom stereocenters. The Morgan fingerprint density at radius 1 is 1.15 bits per heavy atom. The standard InChI is InChI=1S/C18H28N2/c1-2-15-8-7-9-16(14-15)17(19)18(10-3-4-11-18)20-12-5-6-13-20/h7-9,14,17H,2-6,10-13,19H2,1H3. The molecule has 2 heteroatoms. The first-order chi connectivity index (χ1) is 9.76. The van der Waals surface area contributed by atoms with Crippen LogP contribution in [-0.2, 0) is 6.42 Å². The summed E-state index contributed by atoms with van der Waals surface area (Å²) in [5.74, 6) is 0. The van der Waals surface area contributed by atoms with Gasteiger partial charge in [-0.1, -0.05) is 44.0 Å². The van der Waals surface area contributed by atoms with Crippen molar-refractivity contribution in [3.05, 3.63) is 35.4 Å². The molecule has 0 radical (unpaired) electrons. The van der Waals surface area contributed by atoms with Gasteiger partial charge in [0, 0.05) is 11.6 Å². The molecule has 1 aliphatic carbocycles. The van der Waals surface area contributed by atoms with E-state index in [-0.39, 0.29) is 11.6 Å². The molecule has 2 N–H and O–H groups in total. The molecule has 0 bridgehead atoms. The van der Waals surface area contributed by atoms with Crippen molar-refractivity contribution in [3.63, 3.8) is 0 Å². The van der Waals surface area contributed by atoms with Gasteiger partial charge in [-0.15, -0.1) is 0 Å². The first-order valence-electron chi connectivity index (χ1n) is 8.36. The highest BCUT2D eigenvalue weighted by molar-refractivity contribution is 5.29. The maximum absolute atomic E-state index is 6.80. The lowest BCUT2D eigenvalue weighted by atomic mass is 9.82. The zero-order valence-corrected chi connectivity index (χ0v) is 12.8. The minimum absolute atomic E-state index is 0.176. The third-order valence-electron chi connectivity index (χ3n) is 5.50. The van der Waals surface area contributed by atoms with Crippen molar-refractivity contribution in [2.24, 2.45) is 5.73 Å². The Balaban J connectivity index is 1.90. The second-order valence-electron chi connectivity index (χ2n) is 6.58. The molecule has 0 aromatic heterocycles. The number of aryl methyl sites for hydroxylation is 1. The van der Waals surface area contributed by atoms with Crippen LogP contribution in [0.3, 0.4) is 0 Å². The molecule has 2 aliphatic rings. The lowest BCUT2D eigenvalue weighted by Crippen LogP contribution is -2.52. The van der Waals surface area contributed by atoms with Gasteiger partial charge in [-0.3, -0.25) is 4.90 Å². The molecule has 1 unspecified atom stereocenters. The van der Waals surface area contributed by atoms with Gasteiger partial charge in [-0.05, 0) is 56.3 Å². The first kappa shape index (κ1) is 14.1. The Hall–Kier alpha value is -0.860. The number of hydrogen-bond acceptors (Lipinski definition) is 2. The van der Waals surface area contributed by atoms with Crippen molar-refractivity contribution < 1.29 is 0 Å². The lowest BCUT2D eigenvalue weighted by molar-refractivity contribution is 0.0922. The van der Waals surface area contributed by atoms with Gasteiger partial charge in [0.05, 0.1) is 0 Å². The summed E-state index contributed by atoms with van der Waals surface area (Å²) in [5, 5.41) is 0. The topological polar surface area (TPSA) is 29.3 Å². The predicted molar refractivity (Wildman–Crippen MR) is 84.8 cm³/mol. The Kier molecular flexibility index (Phi) is 4.13. The molecule has 0 amide bonds. The third-order valence-corrected chi connectivity index (χ3v) is 5.50. The minimum Gasteiger partial charge on any atom is -0.322 e. The average molecular weight is 272 g/mol. The van der Waals surface area contributed by atoms with Crippen molar-refractivity contribution in [2.45, 2.75) is 63.5 Å². The van der Waals surface area contributed by atoms with E-state index in [0.29, 0.717) is 0 Å². The largest absolute Gasteiger partial charge is 0.322 e. The van der Waals surface area contributed by atoms with E-state index in [2.05, 4.69) is 36.1 Å². The van der Waals surface area contributed by atoms with E-state index < -0.39 is 0 Å². The van der Waals surface area contributed by atoms with E-state index in [4.69, 9.17) is 5.73 Å². The van der Waals surface area contributed by atoms with Crippen LogP contribution in [0.2, 0.25) is 0 Å². The summed E-state index contributed by atoms with van der Waals surface area (Å²) in [6, 6.07) is 9.14. The average Bonchev–Trinajstić information content (AvgIpc) is 3.18. The van der Waals surface area contributed by atoms with Crippen molar-refractivity contribution in [3.8, 4) is 0 Å². The van der Waals surface area contributed by atoms with E-state index in [1.54, 1.807) is 0 Å². The highest BCUT2D eigenvalue weighted by atomic mass is 15.2. The smallest absolute Gasteiger partial charge is 0.0482 e. The predicted octanol–water partition coefficient (Wildman–Crippen LogP) is 3.66. The van der Waals surface area contributed by atoms with Crippen LogP contribution in [0.25, 0.3) is 0 Å². The van der Waals surface area contributed by atoms with E-state index in [1.807, 2.05) is 0 Å². The Morgan fingerprint density at radius 3 is 2.50 bits per heavy atom. The number of likely N-dealkylation sites (tertiary alicyclic amines) is 1. The Morgan fingerprint density at radius 2 is 1.85 bits per heavy atom. The van der Waals surface area contributed by atoms with Crippen molar-refractivity contribution in [1.82, 2.24) is 4.90 Å². The minimum atomic E-state index is 0.176. The molecule has 0 spiro atoms. The lowest BCUT2D eigenvalue weighted by Gasteiger charge is -2.43. The molecule has 110 valence electrons. The van der Waals surface area contributed by atoms with Crippen LogP contribution < -0.4 is 5.73 Å². The van der Waals surface area contributed by atoms with E-state index in [1.165, 1.54) is 62.7 Å². The summed E-state index contributed by atoms with van der Waals surface area (Å²) in [6.07, 6.45) is 9.05. The number of benzene rings is 1.